The van der Waals surface area contributed by atoms with Crippen molar-refractivity contribution in [2.45, 2.75) is 5.60 Å². The van der Waals surface area contributed by atoms with Gasteiger partial charge in [-0.2, -0.15) is 5.26 Å². The van der Waals surface area contributed by atoms with Gasteiger partial charge >= 0.3 is 0 Å². The van der Waals surface area contributed by atoms with Gasteiger partial charge in [-0.05, 0) is 75.3 Å². The Morgan fingerprint density at radius 3 is 1.60 bits per heavy atom. The normalized spacial score (nSPS) is 12.3. The van der Waals surface area contributed by atoms with E-state index >= 15 is 4.39 Å². The molecule has 5 nitrogen and oxygen atoms in total. The molecule has 0 saturated heterocycles. The van der Waals surface area contributed by atoms with Crippen molar-refractivity contribution in [3.05, 3.63) is 253 Å². The maximum absolute atomic E-state index is 16.1. The third-order valence-corrected chi connectivity index (χ3v) is 12.1. The van der Waals surface area contributed by atoms with Crippen molar-refractivity contribution >= 4 is 0 Å². The first kappa shape index (κ1) is 39.1. The summed E-state index contributed by atoms with van der Waals surface area (Å²) in [7, 11) is 0. The third-order valence-electron chi connectivity index (χ3n) is 12.1. The Kier molecular flexibility index (Phi) is 9.91. The lowest BCUT2D eigenvalue weighted by Crippen LogP contribution is -2.38. The molecule has 306 valence electrons. The van der Waals surface area contributed by atoms with Gasteiger partial charge in [0.25, 0.3) is 0 Å². The molecule has 11 rings (SSSR count). The van der Waals surface area contributed by atoms with Crippen LogP contribution in [0.25, 0.3) is 78.7 Å². The van der Waals surface area contributed by atoms with Crippen LogP contribution in [0.5, 0.6) is 5.75 Å². The minimum Gasteiger partial charge on any atom is -0.472 e. The Bertz CT molecular complexity index is 3380. The number of nitrogens with zero attached hydrogens (tertiary/aromatic N) is 4. The lowest BCUT2D eigenvalue weighted by atomic mass is 9.75. The minimum atomic E-state index is -0.942. The van der Waals surface area contributed by atoms with Crippen LogP contribution in [0, 0.1) is 17.1 Å². The molecule has 0 fully saturated rings. The van der Waals surface area contributed by atoms with Gasteiger partial charge in [0.15, 0.2) is 23.1 Å². The van der Waals surface area contributed by atoms with Crippen LogP contribution in [0.4, 0.5) is 4.39 Å². The number of ether oxygens (including phenoxy) is 1. The van der Waals surface area contributed by atoms with Gasteiger partial charge < -0.3 is 4.74 Å². The Morgan fingerprint density at radius 2 is 0.892 bits per heavy atom. The molecule has 1 aliphatic rings. The quantitative estimate of drug-likeness (QED) is 0.152. The van der Waals surface area contributed by atoms with E-state index < -0.39 is 11.4 Å². The summed E-state index contributed by atoms with van der Waals surface area (Å²) in [6.07, 6.45) is 0. The molecule has 1 aromatic heterocycles. The van der Waals surface area contributed by atoms with Crippen LogP contribution in [0.3, 0.4) is 0 Å². The third kappa shape index (κ3) is 7.21. The fraction of sp³-hybridized carbons (Fsp3) is 0.0169. The standard InChI is InChI=1S/C59H37FN4O/c60-50-35-46(42-31-32-53-52-25-12-13-26-54(52)59(65-55(53)37-42,48-20-6-2-7-21-48)49-22-8-3-9-23-49)34-47(36-50)58-63-56(41-29-27-40(28-30-41)39-15-4-1-5-16-39)62-57(64-58)44-19-14-18-43(33-44)51-24-11-10-17-45(51)38-61/h1-37H. The highest BCUT2D eigenvalue weighted by Crippen LogP contribution is 2.52. The van der Waals surface area contributed by atoms with E-state index in [-0.39, 0.29) is 0 Å². The highest BCUT2D eigenvalue weighted by molar-refractivity contribution is 5.84. The smallest absolute Gasteiger partial charge is 0.185 e. The Balaban J connectivity index is 1.04. The summed E-state index contributed by atoms with van der Waals surface area (Å²) >= 11 is 0. The first-order chi connectivity index (χ1) is 32.0. The molecule has 0 N–H and O–H groups in total. The van der Waals surface area contributed by atoms with E-state index in [1.807, 2.05) is 140 Å². The maximum atomic E-state index is 16.1. The van der Waals surface area contributed by atoms with Crippen molar-refractivity contribution in [1.29, 1.82) is 5.26 Å². The molecule has 6 heteroatoms. The van der Waals surface area contributed by atoms with Crippen molar-refractivity contribution in [2.75, 3.05) is 0 Å². The number of nitriles is 1. The minimum absolute atomic E-state index is 0.316. The number of hydrogen-bond acceptors (Lipinski definition) is 5. The second kappa shape index (κ2) is 16.5. The van der Waals surface area contributed by atoms with Gasteiger partial charge in [0, 0.05) is 38.9 Å². The monoisotopic (exact) mass is 836 g/mol. The van der Waals surface area contributed by atoms with Gasteiger partial charge in [-0.1, -0.05) is 188 Å². The second-order valence-corrected chi connectivity index (χ2v) is 16.0. The lowest BCUT2D eigenvalue weighted by Gasteiger charge is -2.41. The topological polar surface area (TPSA) is 71.7 Å². The fourth-order valence-electron chi connectivity index (χ4n) is 8.94. The summed E-state index contributed by atoms with van der Waals surface area (Å²) in [6.45, 7) is 0. The first-order valence-corrected chi connectivity index (χ1v) is 21.4. The molecule has 0 atom stereocenters. The van der Waals surface area contributed by atoms with E-state index in [2.05, 4.69) is 72.8 Å². The molecular weight excluding hydrogens is 800 g/mol. The molecule has 0 amide bonds. The summed E-state index contributed by atoms with van der Waals surface area (Å²) in [5.41, 5.74) is 11.9. The molecule has 0 saturated carbocycles. The van der Waals surface area contributed by atoms with Crippen molar-refractivity contribution < 1.29 is 9.13 Å². The predicted molar refractivity (Wildman–Crippen MR) is 256 cm³/mol. The van der Waals surface area contributed by atoms with E-state index in [0.717, 1.165) is 66.8 Å². The number of aromatic nitrogens is 3. The molecule has 2 heterocycles. The largest absolute Gasteiger partial charge is 0.472 e. The molecule has 65 heavy (non-hydrogen) atoms. The molecular formula is C59H37FN4O. The van der Waals surface area contributed by atoms with Gasteiger partial charge in [-0.25, -0.2) is 19.3 Å². The number of hydrogen-bond donors (Lipinski definition) is 0. The highest BCUT2D eigenvalue weighted by atomic mass is 19.1. The van der Waals surface area contributed by atoms with Gasteiger partial charge in [-0.3, -0.25) is 0 Å². The molecule has 1 aliphatic heterocycles. The fourth-order valence-corrected chi connectivity index (χ4v) is 8.94. The highest BCUT2D eigenvalue weighted by Gasteiger charge is 2.44. The van der Waals surface area contributed by atoms with Gasteiger partial charge in [0.05, 0.1) is 11.6 Å². The van der Waals surface area contributed by atoms with Crippen molar-refractivity contribution in [3.63, 3.8) is 0 Å². The average molecular weight is 837 g/mol. The molecule has 10 aromatic rings. The number of rotatable bonds is 8. The van der Waals surface area contributed by atoms with Gasteiger partial charge in [0.2, 0.25) is 0 Å². The van der Waals surface area contributed by atoms with Crippen LogP contribution >= 0.6 is 0 Å². The Morgan fingerprint density at radius 1 is 0.385 bits per heavy atom. The van der Waals surface area contributed by atoms with Crippen LogP contribution in [0.1, 0.15) is 22.3 Å². The van der Waals surface area contributed by atoms with E-state index in [4.69, 9.17) is 19.7 Å². The molecule has 0 unspecified atom stereocenters. The Labute approximate surface area is 376 Å². The van der Waals surface area contributed by atoms with E-state index in [9.17, 15) is 5.26 Å². The zero-order chi connectivity index (χ0) is 43.7. The number of fused-ring (bicyclic) bond motifs is 3. The first-order valence-electron chi connectivity index (χ1n) is 21.4. The van der Waals surface area contributed by atoms with Crippen molar-refractivity contribution in [2.24, 2.45) is 0 Å². The van der Waals surface area contributed by atoms with Crippen molar-refractivity contribution in [3.8, 4) is 90.5 Å². The molecule has 0 radical (unpaired) electrons. The van der Waals surface area contributed by atoms with Gasteiger partial charge in [0.1, 0.15) is 11.6 Å². The van der Waals surface area contributed by atoms with Crippen LogP contribution in [-0.4, -0.2) is 15.0 Å². The summed E-state index contributed by atoms with van der Waals surface area (Å²) in [4.78, 5) is 15.0. The predicted octanol–water partition coefficient (Wildman–Crippen LogP) is 14.2. The maximum Gasteiger partial charge on any atom is 0.185 e. The summed E-state index contributed by atoms with van der Waals surface area (Å²) in [6, 6.07) is 75.9. The van der Waals surface area contributed by atoms with E-state index in [1.54, 1.807) is 6.07 Å². The second-order valence-electron chi connectivity index (χ2n) is 16.0. The van der Waals surface area contributed by atoms with E-state index in [0.29, 0.717) is 39.9 Å². The SMILES string of the molecule is N#Cc1ccccc1-c1cccc(-c2nc(-c3ccc(-c4ccccc4)cc3)nc(-c3cc(F)cc(-c4ccc5c(c4)OC(c4ccccc4)(c4ccccc4)c4ccccc4-5)c3)n2)c1. The van der Waals surface area contributed by atoms with Crippen LogP contribution in [0.2, 0.25) is 0 Å². The molecule has 0 spiro atoms. The van der Waals surface area contributed by atoms with E-state index in [1.165, 1.54) is 12.1 Å². The number of halogens is 1. The van der Waals surface area contributed by atoms with Crippen molar-refractivity contribution in [1.82, 2.24) is 15.0 Å². The molecule has 0 bridgehead atoms. The number of benzene rings is 9. The molecule has 9 aromatic carbocycles. The zero-order valence-corrected chi connectivity index (χ0v) is 34.9. The zero-order valence-electron chi connectivity index (χ0n) is 34.9. The van der Waals surface area contributed by atoms with Crippen LogP contribution in [-0.2, 0) is 5.60 Å². The summed E-state index contributed by atoms with van der Waals surface area (Å²) in [5.74, 6) is 1.42. The lowest BCUT2D eigenvalue weighted by molar-refractivity contribution is 0.152. The average Bonchev–Trinajstić information content (AvgIpc) is 3.38. The molecule has 0 aliphatic carbocycles. The van der Waals surface area contributed by atoms with Crippen LogP contribution < -0.4 is 4.74 Å². The summed E-state index contributed by atoms with van der Waals surface area (Å²) < 4.78 is 23.4. The van der Waals surface area contributed by atoms with Gasteiger partial charge in [-0.15, -0.1) is 0 Å². The Hall–Kier alpha value is -8.79. The summed E-state index contributed by atoms with van der Waals surface area (Å²) in [5, 5.41) is 9.90. The van der Waals surface area contributed by atoms with Crippen LogP contribution in [0.15, 0.2) is 224 Å².